The van der Waals surface area contributed by atoms with Crippen LogP contribution in [0, 0.1) is 0 Å². The minimum absolute atomic E-state index is 0.155. The second-order valence-electron chi connectivity index (χ2n) is 7.49. The molecule has 0 spiro atoms. The molecular formula is C29H22ClNO4. The van der Waals surface area contributed by atoms with Crippen LogP contribution < -0.4 is 14.4 Å². The van der Waals surface area contributed by atoms with Crippen molar-refractivity contribution in [2.24, 2.45) is 0 Å². The number of carbonyl (C=O) groups is 2. The molecule has 0 bridgehead atoms. The first kappa shape index (κ1) is 23.8. The maximum absolute atomic E-state index is 13.2. The second-order valence-corrected chi connectivity index (χ2v) is 7.93. The van der Waals surface area contributed by atoms with Crippen LogP contribution in [0.5, 0.6) is 11.5 Å². The van der Waals surface area contributed by atoms with Crippen molar-refractivity contribution in [3.8, 4) is 11.5 Å². The van der Waals surface area contributed by atoms with Gasteiger partial charge < -0.3 is 9.47 Å². The molecule has 174 valence electrons. The fourth-order valence-electron chi connectivity index (χ4n) is 3.41. The number of nitrogens with zero attached hydrogens (tertiary/aromatic N) is 1. The summed E-state index contributed by atoms with van der Waals surface area (Å²) in [5.74, 6) is 0.466. The van der Waals surface area contributed by atoms with Crippen molar-refractivity contribution in [2.45, 2.75) is 0 Å². The minimum Gasteiger partial charge on any atom is -0.493 e. The van der Waals surface area contributed by atoms with Crippen LogP contribution in [0.3, 0.4) is 0 Å². The fourth-order valence-corrected chi connectivity index (χ4v) is 3.53. The van der Waals surface area contributed by atoms with Gasteiger partial charge in [0.25, 0.3) is 0 Å². The van der Waals surface area contributed by atoms with Gasteiger partial charge in [-0.1, -0.05) is 60.1 Å². The lowest BCUT2D eigenvalue weighted by Crippen LogP contribution is -2.29. The fraction of sp³-hybridized carbons (Fsp3) is 0.0345. The highest BCUT2D eigenvalue weighted by Gasteiger charge is 2.21. The number of benzene rings is 4. The van der Waals surface area contributed by atoms with Crippen LogP contribution in [0.4, 0.5) is 16.2 Å². The summed E-state index contributed by atoms with van der Waals surface area (Å²) in [5.41, 5.74) is 2.59. The van der Waals surface area contributed by atoms with Crippen molar-refractivity contribution in [1.82, 2.24) is 0 Å². The third kappa shape index (κ3) is 5.96. The number of hydrogen-bond donors (Lipinski definition) is 0. The summed E-state index contributed by atoms with van der Waals surface area (Å²) < 4.78 is 11.2. The Morgan fingerprint density at radius 3 is 1.94 bits per heavy atom. The molecule has 0 aromatic heterocycles. The Labute approximate surface area is 208 Å². The highest BCUT2D eigenvalue weighted by molar-refractivity contribution is 6.30. The number of ether oxygens (including phenoxy) is 2. The molecule has 0 atom stereocenters. The van der Waals surface area contributed by atoms with E-state index in [2.05, 4.69) is 0 Å². The van der Waals surface area contributed by atoms with Gasteiger partial charge >= 0.3 is 6.09 Å². The molecule has 4 rings (SSSR count). The van der Waals surface area contributed by atoms with Gasteiger partial charge in [0, 0.05) is 10.6 Å². The monoisotopic (exact) mass is 483 g/mol. The molecular weight excluding hydrogens is 462 g/mol. The average molecular weight is 484 g/mol. The molecule has 0 aliphatic rings. The average Bonchev–Trinajstić information content (AvgIpc) is 2.89. The summed E-state index contributed by atoms with van der Waals surface area (Å²) in [6.45, 7) is 0. The molecule has 0 saturated heterocycles. The first-order chi connectivity index (χ1) is 17.0. The van der Waals surface area contributed by atoms with Crippen molar-refractivity contribution >= 4 is 40.9 Å². The molecule has 5 nitrogen and oxygen atoms in total. The van der Waals surface area contributed by atoms with Gasteiger partial charge in [-0.3, -0.25) is 4.79 Å². The predicted molar refractivity (Wildman–Crippen MR) is 139 cm³/mol. The van der Waals surface area contributed by atoms with Gasteiger partial charge in [-0.15, -0.1) is 0 Å². The van der Waals surface area contributed by atoms with Gasteiger partial charge in [-0.25, -0.2) is 9.69 Å². The van der Waals surface area contributed by atoms with Crippen LogP contribution in [0.15, 0.2) is 109 Å². The van der Waals surface area contributed by atoms with Crippen molar-refractivity contribution in [3.63, 3.8) is 0 Å². The van der Waals surface area contributed by atoms with E-state index in [9.17, 15) is 9.59 Å². The number of hydrogen-bond acceptors (Lipinski definition) is 4. The third-order valence-corrected chi connectivity index (χ3v) is 5.40. The number of methoxy groups -OCH3 is 1. The number of allylic oxidation sites excluding steroid dienone is 1. The number of ketones is 1. The third-order valence-electron chi connectivity index (χ3n) is 5.15. The molecule has 0 radical (unpaired) electrons. The Bertz CT molecular complexity index is 1300. The molecule has 4 aromatic rings. The van der Waals surface area contributed by atoms with E-state index in [-0.39, 0.29) is 11.5 Å². The normalized spacial score (nSPS) is 10.7. The lowest BCUT2D eigenvalue weighted by molar-refractivity contribution is 0.104. The SMILES string of the molecule is COc1cc(/C=C/C(=O)c2ccc(Cl)cc2)ccc1OC(=O)N(c1ccccc1)c1ccccc1. The summed E-state index contributed by atoms with van der Waals surface area (Å²) in [6.07, 6.45) is 2.56. The molecule has 0 N–H and O–H groups in total. The van der Waals surface area contributed by atoms with E-state index in [1.165, 1.54) is 18.1 Å². The Hall–Kier alpha value is -4.35. The summed E-state index contributed by atoms with van der Waals surface area (Å²) in [4.78, 5) is 27.1. The highest BCUT2D eigenvalue weighted by atomic mass is 35.5. The number of rotatable bonds is 7. The first-order valence-electron chi connectivity index (χ1n) is 10.8. The van der Waals surface area contributed by atoms with Crippen LogP contribution in [0.2, 0.25) is 5.02 Å². The van der Waals surface area contributed by atoms with Crippen molar-refractivity contribution < 1.29 is 19.1 Å². The van der Waals surface area contributed by atoms with E-state index in [0.29, 0.717) is 33.3 Å². The zero-order valence-electron chi connectivity index (χ0n) is 18.9. The van der Waals surface area contributed by atoms with E-state index < -0.39 is 6.09 Å². The zero-order valence-corrected chi connectivity index (χ0v) is 19.7. The van der Waals surface area contributed by atoms with Gasteiger partial charge in [0.05, 0.1) is 18.5 Å². The lowest BCUT2D eigenvalue weighted by Gasteiger charge is -2.22. The molecule has 0 aliphatic carbocycles. The van der Waals surface area contributed by atoms with E-state index in [1.54, 1.807) is 48.5 Å². The summed E-state index contributed by atoms with van der Waals surface area (Å²) in [7, 11) is 1.49. The van der Waals surface area contributed by atoms with Gasteiger partial charge in [-0.2, -0.15) is 0 Å². The topological polar surface area (TPSA) is 55.8 Å². The van der Waals surface area contributed by atoms with Crippen LogP contribution in [-0.4, -0.2) is 19.0 Å². The van der Waals surface area contributed by atoms with Crippen molar-refractivity contribution in [1.29, 1.82) is 0 Å². The van der Waals surface area contributed by atoms with Gasteiger partial charge in [0.15, 0.2) is 17.3 Å². The van der Waals surface area contributed by atoms with Crippen LogP contribution in [0.25, 0.3) is 6.08 Å². The molecule has 6 heteroatoms. The molecule has 4 aromatic carbocycles. The molecule has 0 heterocycles. The maximum Gasteiger partial charge on any atom is 0.424 e. The van der Waals surface area contributed by atoms with Crippen molar-refractivity contribution in [2.75, 3.05) is 12.0 Å². The van der Waals surface area contributed by atoms with Crippen molar-refractivity contribution in [3.05, 3.63) is 125 Å². The Kier molecular flexibility index (Phi) is 7.60. The maximum atomic E-state index is 13.2. The Balaban J connectivity index is 1.55. The standard InChI is InChI=1S/C29H22ClNO4/c1-34-28-20-21(12-18-26(32)22-14-16-23(30)17-15-22)13-19-27(28)35-29(33)31(24-8-4-2-5-9-24)25-10-6-3-7-11-25/h2-20H,1H3/b18-12+. The predicted octanol–water partition coefficient (Wildman–Crippen LogP) is 7.58. The smallest absolute Gasteiger partial charge is 0.424 e. The van der Waals surface area contributed by atoms with E-state index in [1.807, 2.05) is 60.7 Å². The number of anilines is 2. The first-order valence-corrected chi connectivity index (χ1v) is 11.2. The molecule has 0 aliphatic heterocycles. The van der Waals surface area contributed by atoms with Crippen LogP contribution in [-0.2, 0) is 0 Å². The molecule has 35 heavy (non-hydrogen) atoms. The number of para-hydroxylation sites is 2. The summed E-state index contributed by atoms with van der Waals surface area (Å²) in [5, 5.41) is 0.568. The van der Waals surface area contributed by atoms with Crippen LogP contribution in [0.1, 0.15) is 15.9 Å². The number of amides is 1. The lowest BCUT2D eigenvalue weighted by atomic mass is 10.1. The molecule has 0 saturated carbocycles. The highest BCUT2D eigenvalue weighted by Crippen LogP contribution is 2.32. The molecule has 0 unspecified atom stereocenters. The Morgan fingerprint density at radius 2 is 1.37 bits per heavy atom. The van der Waals surface area contributed by atoms with E-state index in [0.717, 1.165) is 0 Å². The quantitative estimate of drug-likeness (QED) is 0.201. The Morgan fingerprint density at radius 1 is 0.771 bits per heavy atom. The second kappa shape index (κ2) is 11.2. The zero-order chi connectivity index (χ0) is 24.6. The van der Waals surface area contributed by atoms with Gasteiger partial charge in [-0.05, 0) is 72.3 Å². The summed E-state index contributed by atoms with van der Waals surface area (Å²) >= 11 is 5.88. The molecule has 1 amide bonds. The minimum atomic E-state index is -0.582. The number of halogens is 1. The van der Waals surface area contributed by atoms with E-state index >= 15 is 0 Å². The largest absolute Gasteiger partial charge is 0.493 e. The summed E-state index contributed by atoms with van der Waals surface area (Å²) in [6, 6.07) is 30.2. The van der Waals surface area contributed by atoms with Crippen LogP contribution >= 0.6 is 11.6 Å². The van der Waals surface area contributed by atoms with E-state index in [4.69, 9.17) is 21.1 Å². The van der Waals surface area contributed by atoms with Gasteiger partial charge in [0.2, 0.25) is 0 Å². The van der Waals surface area contributed by atoms with Gasteiger partial charge in [0.1, 0.15) is 0 Å². The number of carbonyl (C=O) groups excluding carboxylic acids is 2. The molecule has 0 fully saturated rings.